The predicted octanol–water partition coefficient (Wildman–Crippen LogP) is 7.66. The van der Waals surface area contributed by atoms with Crippen LogP contribution in [0.5, 0.6) is 0 Å². The van der Waals surface area contributed by atoms with Gasteiger partial charge in [0.1, 0.15) is 24.6 Å². The summed E-state index contributed by atoms with van der Waals surface area (Å²) in [5, 5.41) is 15.9. The lowest BCUT2D eigenvalue weighted by molar-refractivity contribution is -0.845. The van der Waals surface area contributed by atoms with Crippen LogP contribution in [0.15, 0.2) is 89.0 Å². The third-order valence-electron chi connectivity index (χ3n) is 10.8. The SMILES string of the molecule is CSc1cccc(C[N@+]2(Cc3c(F)cccc3C(F)(F)F)C(=O)N(CC(NCCCC(=O)O)c3ccccc3)C(=O)C3=C2CCC32CCNCC2)c1. The highest BCUT2D eigenvalue weighted by atomic mass is 32.2. The van der Waals surface area contributed by atoms with E-state index in [1.807, 2.05) is 60.9 Å². The normalized spacial score (nSPS) is 20.8. The summed E-state index contributed by atoms with van der Waals surface area (Å²) in [5.74, 6) is -2.49. The first-order valence-corrected chi connectivity index (χ1v) is 18.8. The summed E-state index contributed by atoms with van der Waals surface area (Å²) >= 11 is 1.48. The fourth-order valence-corrected chi connectivity index (χ4v) is 8.70. The number of urea groups is 1. The summed E-state index contributed by atoms with van der Waals surface area (Å²) < 4.78 is 58.9. The lowest BCUT2D eigenvalue weighted by Gasteiger charge is -2.46. The Kier molecular flexibility index (Phi) is 11.3. The number of fused-ring (bicyclic) bond motifs is 1. The van der Waals surface area contributed by atoms with Crippen molar-refractivity contribution in [2.45, 2.75) is 68.7 Å². The zero-order valence-corrected chi connectivity index (χ0v) is 29.8. The molecule has 3 aromatic rings. The Labute approximate surface area is 304 Å². The standard InChI is InChI=1S/C39H42F4N4O4S/c1-52-28-11-5-8-26(22-28)24-47(25-29-30(39(41,42)43)12-6-13-31(29)40)33-15-16-38(17-20-44-21-18-38)35(33)36(50)46(37(47)51)23-32(27-9-3-2-4-10-27)45-19-7-14-34(48)49/h2-6,8-13,22,32,44-45H,7,14-21,23-25H2,1H3/p+1/t32?,47-/m1/s1. The molecule has 52 heavy (non-hydrogen) atoms. The van der Waals surface area contributed by atoms with Crippen molar-refractivity contribution >= 4 is 29.7 Å². The molecule has 0 aromatic heterocycles. The highest BCUT2D eigenvalue weighted by Gasteiger charge is 2.61. The Morgan fingerprint density at radius 1 is 1.02 bits per heavy atom. The summed E-state index contributed by atoms with van der Waals surface area (Å²) in [6.45, 7) is 0.667. The minimum atomic E-state index is -4.89. The van der Waals surface area contributed by atoms with E-state index >= 15 is 9.18 Å². The van der Waals surface area contributed by atoms with Crippen LogP contribution in [0.3, 0.4) is 0 Å². The van der Waals surface area contributed by atoms with E-state index in [0.29, 0.717) is 62.0 Å². The number of benzene rings is 3. The fraction of sp³-hybridized carbons (Fsp3) is 0.410. The van der Waals surface area contributed by atoms with Gasteiger partial charge in [0.25, 0.3) is 5.91 Å². The molecule has 0 radical (unpaired) electrons. The van der Waals surface area contributed by atoms with Crippen LogP contribution in [0.4, 0.5) is 22.4 Å². The summed E-state index contributed by atoms with van der Waals surface area (Å²) in [7, 11) is 0. The van der Waals surface area contributed by atoms with Gasteiger partial charge in [-0.2, -0.15) is 13.2 Å². The maximum Gasteiger partial charge on any atom is 0.431 e. The molecule has 1 aliphatic carbocycles. The molecule has 1 spiro atoms. The highest BCUT2D eigenvalue weighted by Crippen LogP contribution is 2.55. The molecule has 1 saturated heterocycles. The van der Waals surface area contributed by atoms with Crippen molar-refractivity contribution in [3.05, 3.63) is 112 Å². The van der Waals surface area contributed by atoms with Crippen molar-refractivity contribution < 1.29 is 41.5 Å². The van der Waals surface area contributed by atoms with Gasteiger partial charge in [-0.1, -0.05) is 48.5 Å². The Bertz CT molecular complexity index is 1850. The average Bonchev–Trinajstić information content (AvgIpc) is 3.49. The molecule has 13 heteroatoms. The number of carboxylic acid groups (broad SMARTS) is 1. The van der Waals surface area contributed by atoms with Crippen molar-refractivity contribution in [2.24, 2.45) is 5.41 Å². The lowest BCUT2D eigenvalue weighted by Crippen LogP contribution is -2.63. The van der Waals surface area contributed by atoms with E-state index in [2.05, 4.69) is 10.6 Å². The van der Waals surface area contributed by atoms with Gasteiger partial charge in [0, 0.05) is 28.7 Å². The van der Waals surface area contributed by atoms with Gasteiger partial charge in [-0.25, -0.2) is 18.6 Å². The number of piperidine rings is 1. The van der Waals surface area contributed by atoms with E-state index in [-0.39, 0.29) is 26.1 Å². The number of carbonyl (C=O) groups excluding carboxylic acids is 2. The highest BCUT2D eigenvalue weighted by molar-refractivity contribution is 7.98. The first kappa shape index (κ1) is 37.7. The van der Waals surface area contributed by atoms with Crippen molar-refractivity contribution in [3.63, 3.8) is 0 Å². The maximum absolute atomic E-state index is 15.8. The van der Waals surface area contributed by atoms with Gasteiger partial charge in [-0.05, 0) is 81.4 Å². The van der Waals surface area contributed by atoms with Gasteiger partial charge >= 0.3 is 18.2 Å². The fourth-order valence-electron chi connectivity index (χ4n) is 8.22. The molecule has 1 unspecified atom stereocenters. The molecule has 276 valence electrons. The number of carboxylic acids is 1. The van der Waals surface area contributed by atoms with Crippen LogP contribution in [0.1, 0.15) is 66.8 Å². The van der Waals surface area contributed by atoms with Crippen molar-refractivity contribution in [2.75, 3.05) is 32.4 Å². The van der Waals surface area contributed by atoms with Crippen LogP contribution in [0, 0.1) is 11.2 Å². The number of nitrogens with zero attached hydrogens (tertiary/aromatic N) is 2. The molecule has 0 bridgehead atoms. The first-order valence-electron chi connectivity index (χ1n) is 17.5. The smallest absolute Gasteiger partial charge is 0.431 e. The van der Waals surface area contributed by atoms with Gasteiger partial charge in [0.2, 0.25) is 0 Å². The molecule has 8 nitrogen and oxygen atoms in total. The molecule has 1 fully saturated rings. The molecule has 3 N–H and O–H groups in total. The van der Waals surface area contributed by atoms with E-state index in [0.717, 1.165) is 28.7 Å². The first-order chi connectivity index (χ1) is 24.9. The number of nitrogens with one attached hydrogen (secondary N) is 2. The van der Waals surface area contributed by atoms with Crippen molar-refractivity contribution in [3.8, 4) is 0 Å². The number of rotatable bonds is 13. The Hall–Kier alpha value is -4.04. The Balaban J connectivity index is 1.54. The second-order valence-corrected chi connectivity index (χ2v) is 14.7. The number of amides is 3. The Morgan fingerprint density at radius 3 is 2.44 bits per heavy atom. The number of carbonyl (C=O) groups is 3. The molecule has 3 aromatic carbocycles. The van der Waals surface area contributed by atoms with E-state index in [4.69, 9.17) is 0 Å². The second kappa shape index (κ2) is 15.5. The predicted molar refractivity (Wildman–Crippen MR) is 189 cm³/mol. The average molecular weight is 740 g/mol. The number of hydrogen-bond acceptors (Lipinski definition) is 6. The summed E-state index contributed by atoms with van der Waals surface area (Å²) in [5.41, 5.74) is -0.0341. The summed E-state index contributed by atoms with van der Waals surface area (Å²) in [6.07, 6.45) is -0.681. The number of halogens is 4. The maximum atomic E-state index is 15.8. The minimum Gasteiger partial charge on any atom is -0.481 e. The molecule has 6 rings (SSSR count). The second-order valence-electron chi connectivity index (χ2n) is 13.9. The molecule has 3 amide bonds. The number of allylic oxidation sites excluding steroid dienone is 1. The lowest BCUT2D eigenvalue weighted by atomic mass is 9.72. The number of aliphatic carboxylic acids is 1. The zero-order chi connectivity index (χ0) is 37.1. The third-order valence-corrected chi connectivity index (χ3v) is 11.5. The van der Waals surface area contributed by atoms with Crippen LogP contribution in [-0.2, 0) is 28.9 Å². The molecule has 3 aliphatic rings. The van der Waals surface area contributed by atoms with Gasteiger partial charge in [-0.15, -0.1) is 11.8 Å². The van der Waals surface area contributed by atoms with Gasteiger partial charge in [0.15, 0.2) is 0 Å². The number of thioether (sulfide) groups is 1. The quantitative estimate of drug-likeness (QED) is 0.0717. The number of alkyl halides is 3. The largest absolute Gasteiger partial charge is 0.481 e. The van der Waals surface area contributed by atoms with Crippen LogP contribution in [0.25, 0.3) is 0 Å². The number of quaternary nitrogens is 1. The van der Waals surface area contributed by atoms with Crippen LogP contribution >= 0.6 is 11.8 Å². The van der Waals surface area contributed by atoms with Gasteiger partial charge in [0.05, 0.1) is 29.3 Å². The number of hydrogen-bond donors (Lipinski definition) is 3. The molecule has 0 saturated carbocycles. The Morgan fingerprint density at radius 2 is 1.75 bits per heavy atom. The van der Waals surface area contributed by atoms with Gasteiger partial charge < -0.3 is 15.7 Å². The molecule has 2 atom stereocenters. The van der Waals surface area contributed by atoms with Crippen molar-refractivity contribution in [1.82, 2.24) is 15.5 Å². The topological polar surface area (TPSA) is 98.7 Å². The van der Waals surface area contributed by atoms with E-state index in [1.165, 1.54) is 16.7 Å². The zero-order valence-electron chi connectivity index (χ0n) is 29.0. The molecular formula is C39H43F4N4O4S+. The minimum absolute atomic E-state index is 0.0812. The molecule has 2 aliphatic heterocycles. The number of imide groups is 1. The van der Waals surface area contributed by atoms with E-state index in [1.54, 1.807) is 0 Å². The monoisotopic (exact) mass is 739 g/mol. The summed E-state index contributed by atoms with van der Waals surface area (Å²) in [4.78, 5) is 43.6. The third kappa shape index (κ3) is 7.55. The van der Waals surface area contributed by atoms with Crippen LogP contribution in [-0.4, -0.2) is 64.8 Å². The van der Waals surface area contributed by atoms with Crippen molar-refractivity contribution in [1.29, 1.82) is 0 Å². The summed E-state index contributed by atoms with van der Waals surface area (Å²) in [6, 6.07) is 18.1. The van der Waals surface area contributed by atoms with E-state index < -0.39 is 63.5 Å². The van der Waals surface area contributed by atoms with E-state index in [9.17, 15) is 27.9 Å². The molecular weight excluding hydrogens is 697 g/mol. The van der Waals surface area contributed by atoms with Crippen LogP contribution < -0.4 is 10.6 Å². The van der Waals surface area contributed by atoms with Crippen LogP contribution in [0.2, 0.25) is 0 Å². The van der Waals surface area contributed by atoms with Gasteiger partial charge in [-0.3, -0.25) is 9.59 Å². The molecule has 2 heterocycles.